The van der Waals surface area contributed by atoms with Crippen LogP contribution in [-0.2, 0) is 4.79 Å². The van der Waals surface area contributed by atoms with Crippen molar-refractivity contribution < 1.29 is 4.79 Å². The van der Waals surface area contributed by atoms with Gasteiger partial charge < -0.3 is 10.2 Å². The molecule has 4 rings (SSSR count). The van der Waals surface area contributed by atoms with Crippen LogP contribution in [0.1, 0.15) is 51.4 Å². The molecule has 3 nitrogen and oxygen atoms in total. The van der Waals surface area contributed by atoms with Crippen molar-refractivity contribution in [2.45, 2.75) is 57.4 Å². The lowest BCUT2D eigenvalue weighted by atomic mass is 9.87. The Morgan fingerprint density at radius 2 is 1.80 bits per heavy atom. The lowest BCUT2D eigenvalue weighted by molar-refractivity contribution is -0.138. The largest absolute Gasteiger partial charge is 0.342 e. The minimum absolute atomic E-state index is 0.393. The van der Waals surface area contributed by atoms with Gasteiger partial charge in [-0.15, -0.1) is 0 Å². The average molecular weight is 276 g/mol. The van der Waals surface area contributed by atoms with E-state index in [0.29, 0.717) is 17.9 Å². The molecule has 3 saturated carbocycles. The van der Waals surface area contributed by atoms with E-state index in [0.717, 1.165) is 30.8 Å². The topological polar surface area (TPSA) is 32.3 Å². The summed E-state index contributed by atoms with van der Waals surface area (Å²) in [5.41, 5.74) is 0. The van der Waals surface area contributed by atoms with Gasteiger partial charge in [0.2, 0.25) is 5.91 Å². The van der Waals surface area contributed by atoms with E-state index in [2.05, 4.69) is 10.2 Å². The van der Waals surface area contributed by atoms with Crippen molar-refractivity contribution in [1.29, 1.82) is 0 Å². The first-order valence-electron chi connectivity index (χ1n) is 8.82. The van der Waals surface area contributed by atoms with Gasteiger partial charge in [-0.25, -0.2) is 0 Å². The second-order valence-electron chi connectivity index (χ2n) is 7.73. The van der Waals surface area contributed by atoms with Gasteiger partial charge in [0.05, 0.1) is 0 Å². The number of carbonyl (C=O) groups is 1. The highest BCUT2D eigenvalue weighted by molar-refractivity contribution is 5.79. The predicted molar refractivity (Wildman–Crippen MR) is 79.3 cm³/mol. The van der Waals surface area contributed by atoms with Crippen molar-refractivity contribution in [3.63, 3.8) is 0 Å². The molecule has 3 heteroatoms. The zero-order valence-electron chi connectivity index (χ0n) is 12.5. The fraction of sp³-hybridized carbons (Fsp3) is 0.941. The summed E-state index contributed by atoms with van der Waals surface area (Å²) in [5, 5.41) is 3.70. The van der Waals surface area contributed by atoms with Gasteiger partial charge in [0.1, 0.15) is 0 Å². The van der Waals surface area contributed by atoms with E-state index in [9.17, 15) is 4.79 Å². The second-order valence-corrected chi connectivity index (χ2v) is 7.73. The molecule has 0 aromatic carbocycles. The molecular formula is C17H28N2O. The summed E-state index contributed by atoms with van der Waals surface area (Å²) in [5.74, 6) is 3.47. The standard InChI is InChI=1S/C17H28N2O/c20-17(16-10-13-3-4-14(16)9-13)19-7-5-15(6-8-19)18-11-12-1-2-12/h12-16,18H,1-11H2. The zero-order chi connectivity index (χ0) is 13.5. The fourth-order valence-corrected chi connectivity index (χ4v) is 4.74. The quantitative estimate of drug-likeness (QED) is 0.855. The van der Waals surface area contributed by atoms with Crippen molar-refractivity contribution in [2.24, 2.45) is 23.7 Å². The van der Waals surface area contributed by atoms with Gasteiger partial charge in [0.15, 0.2) is 0 Å². The summed E-state index contributed by atoms with van der Waals surface area (Å²) >= 11 is 0. The Hall–Kier alpha value is -0.570. The third-order valence-corrected chi connectivity index (χ3v) is 6.25. The average Bonchev–Trinajstić information content (AvgIpc) is 3.08. The van der Waals surface area contributed by atoms with Crippen molar-refractivity contribution in [3.8, 4) is 0 Å². The molecule has 1 aliphatic heterocycles. The minimum Gasteiger partial charge on any atom is -0.342 e. The normalized spacial score (nSPS) is 37.6. The highest BCUT2D eigenvalue weighted by Crippen LogP contribution is 2.49. The van der Waals surface area contributed by atoms with Crippen LogP contribution in [0.2, 0.25) is 0 Å². The summed E-state index contributed by atoms with van der Waals surface area (Å²) in [7, 11) is 0. The number of likely N-dealkylation sites (tertiary alicyclic amines) is 1. The molecule has 4 aliphatic rings. The molecule has 0 aromatic heterocycles. The van der Waals surface area contributed by atoms with E-state index < -0.39 is 0 Å². The lowest BCUT2D eigenvalue weighted by Gasteiger charge is -2.35. The molecule has 112 valence electrons. The molecule has 3 atom stereocenters. The van der Waals surface area contributed by atoms with Crippen molar-refractivity contribution in [1.82, 2.24) is 10.2 Å². The predicted octanol–water partition coefficient (Wildman–Crippen LogP) is 2.41. The first-order chi connectivity index (χ1) is 9.79. The maximum absolute atomic E-state index is 12.7. The van der Waals surface area contributed by atoms with Crippen molar-refractivity contribution in [2.75, 3.05) is 19.6 Å². The highest BCUT2D eigenvalue weighted by atomic mass is 16.2. The molecule has 0 aromatic rings. The Balaban J connectivity index is 1.25. The molecule has 4 fully saturated rings. The molecule has 20 heavy (non-hydrogen) atoms. The molecule has 1 saturated heterocycles. The molecule has 3 aliphatic carbocycles. The van der Waals surface area contributed by atoms with Crippen LogP contribution >= 0.6 is 0 Å². The van der Waals surface area contributed by atoms with E-state index in [-0.39, 0.29) is 0 Å². The van der Waals surface area contributed by atoms with Crippen LogP contribution in [0.3, 0.4) is 0 Å². The zero-order valence-corrected chi connectivity index (χ0v) is 12.5. The third-order valence-electron chi connectivity index (χ3n) is 6.25. The smallest absolute Gasteiger partial charge is 0.225 e. The number of piperidine rings is 1. The Bertz CT molecular complexity index is 371. The van der Waals surface area contributed by atoms with Crippen LogP contribution in [0.5, 0.6) is 0 Å². The molecular weight excluding hydrogens is 248 g/mol. The van der Waals surface area contributed by atoms with E-state index >= 15 is 0 Å². The van der Waals surface area contributed by atoms with E-state index in [4.69, 9.17) is 0 Å². The Kier molecular flexibility index (Phi) is 3.49. The van der Waals surface area contributed by atoms with Crippen LogP contribution in [0.25, 0.3) is 0 Å². The molecule has 1 heterocycles. The van der Waals surface area contributed by atoms with E-state index in [1.54, 1.807) is 0 Å². The third kappa shape index (κ3) is 2.61. The SMILES string of the molecule is O=C(C1CC2CCC1C2)N1CCC(NCC2CC2)CC1. The maximum Gasteiger partial charge on any atom is 0.225 e. The van der Waals surface area contributed by atoms with Crippen LogP contribution in [-0.4, -0.2) is 36.5 Å². The van der Waals surface area contributed by atoms with Crippen LogP contribution in [0.15, 0.2) is 0 Å². The van der Waals surface area contributed by atoms with Gasteiger partial charge in [-0.05, 0) is 69.2 Å². The molecule has 1 amide bonds. The van der Waals surface area contributed by atoms with Gasteiger partial charge in [-0.2, -0.15) is 0 Å². The van der Waals surface area contributed by atoms with Crippen molar-refractivity contribution >= 4 is 5.91 Å². The van der Waals surface area contributed by atoms with E-state index in [1.807, 2.05) is 0 Å². The number of rotatable bonds is 4. The number of amides is 1. The number of hydrogen-bond acceptors (Lipinski definition) is 2. The number of nitrogens with zero attached hydrogens (tertiary/aromatic N) is 1. The first kappa shape index (κ1) is 13.1. The number of hydrogen-bond donors (Lipinski definition) is 1. The monoisotopic (exact) mass is 276 g/mol. The summed E-state index contributed by atoms with van der Waals surface area (Å²) < 4.78 is 0. The molecule has 0 spiro atoms. The number of nitrogens with one attached hydrogen (secondary N) is 1. The summed E-state index contributed by atoms with van der Waals surface area (Å²) in [6.45, 7) is 3.20. The lowest BCUT2D eigenvalue weighted by Crippen LogP contribution is -2.47. The molecule has 3 unspecified atom stereocenters. The fourth-order valence-electron chi connectivity index (χ4n) is 4.74. The molecule has 2 bridgehead atoms. The summed E-state index contributed by atoms with van der Waals surface area (Å²) in [6, 6.07) is 0.666. The highest BCUT2D eigenvalue weighted by Gasteiger charge is 2.44. The van der Waals surface area contributed by atoms with Crippen LogP contribution in [0.4, 0.5) is 0 Å². The van der Waals surface area contributed by atoms with Crippen LogP contribution in [0, 0.1) is 23.7 Å². The van der Waals surface area contributed by atoms with Gasteiger partial charge >= 0.3 is 0 Å². The Labute approximate surface area is 122 Å². The van der Waals surface area contributed by atoms with Gasteiger partial charge in [-0.3, -0.25) is 4.79 Å². The van der Waals surface area contributed by atoms with Crippen molar-refractivity contribution in [3.05, 3.63) is 0 Å². The Morgan fingerprint density at radius 1 is 1.00 bits per heavy atom. The summed E-state index contributed by atoms with van der Waals surface area (Å²) in [4.78, 5) is 14.9. The first-order valence-corrected chi connectivity index (χ1v) is 8.82. The minimum atomic E-state index is 0.393. The van der Waals surface area contributed by atoms with Gasteiger partial charge in [-0.1, -0.05) is 6.42 Å². The second kappa shape index (κ2) is 5.32. The van der Waals surface area contributed by atoms with Gasteiger partial charge in [0, 0.05) is 25.0 Å². The van der Waals surface area contributed by atoms with Crippen LogP contribution < -0.4 is 5.32 Å². The number of fused-ring (bicyclic) bond motifs is 2. The molecule has 1 N–H and O–H groups in total. The number of carbonyl (C=O) groups excluding carboxylic acids is 1. The van der Waals surface area contributed by atoms with Gasteiger partial charge in [0.25, 0.3) is 0 Å². The maximum atomic E-state index is 12.7. The molecule has 0 radical (unpaired) electrons. The Morgan fingerprint density at radius 3 is 2.40 bits per heavy atom. The van der Waals surface area contributed by atoms with E-state index in [1.165, 1.54) is 57.9 Å². The summed E-state index contributed by atoms with van der Waals surface area (Å²) in [6.07, 6.45) is 10.4.